The lowest BCUT2D eigenvalue weighted by molar-refractivity contribution is -0.122. The van der Waals surface area contributed by atoms with Crippen LogP contribution < -0.4 is 5.32 Å². The number of carbonyl (C=O) groups is 1. The highest BCUT2D eigenvalue weighted by atomic mass is 16.3. The van der Waals surface area contributed by atoms with Gasteiger partial charge in [-0.2, -0.15) is 5.10 Å². The summed E-state index contributed by atoms with van der Waals surface area (Å²) in [6, 6.07) is 7.78. The van der Waals surface area contributed by atoms with Crippen LogP contribution in [0.5, 0.6) is 0 Å². The summed E-state index contributed by atoms with van der Waals surface area (Å²) < 4.78 is 3.87. The Morgan fingerprint density at radius 1 is 1.37 bits per heavy atom. The monoisotopic (exact) mass is 367 g/mol. The Kier molecular flexibility index (Phi) is 4.70. The van der Waals surface area contributed by atoms with E-state index in [1.54, 1.807) is 0 Å². The maximum atomic E-state index is 12.6. The van der Waals surface area contributed by atoms with Crippen LogP contribution in [0.1, 0.15) is 48.1 Å². The predicted octanol–water partition coefficient (Wildman–Crippen LogP) is 2.15. The van der Waals surface area contributed by atoms with E-state index in [1.807, 2.05) is 47.5 Å². The Morgan fingerprint density at radius 3 is 3.00 bits per heavy atom. The molecule has 1 aromatic carbocycles. The van der Waals surface area contributed by atoms with Gasteiger partial charge in [0.2, 0.25) is 5.91 Å². The number of amides is 1. The molecule has 7 heteroatoms. The van der Waals surface area contributed by atoms with Gasteiger partial charge in [0.1, 0.15) is 12.4 Å². The standard InChI is InChI=1S/C20H25N5O2/c1-13-20-15(7-5-9-17(20)24(2)23-13)22-19(27)10-11-25-16-8-4-3-6-14(16)21-18(25)12-26/h3-4,6,8,15,26H,5,7,9-12H2,1-2H3,(H,22,27). The highest BCUT2D eigenvalue weighted by Gasteiger charge is 2.27. The van der Waals surface area contributed by atoms with Crippen LogP contribution in [0.2, 0.25) is 0 Å². The van der Waals surface area contributed by atoms with Gasteiger partial charge in [-0.25, -0.2) is 4.98 Å². The summed E-state index contributed by atoms with van der Waals surface area (Å²) in [5, 5.41) is 17.3. The molecule has 1 aliphatic carbocycles. The highest BCUT2D eigenvalue weighted by Crippen LogP contribution is 2.31. The lowest BCUT2D eigenvalue weighted by Crippen LogP contribution is -2.32. The molecule has 3 aromatic rings. The minimum absolute atomic E-state index is 0.0118. The summed E-state index contributed by atoms with van der Waals surface area (Å²) in [5.74, 6) is 0.602. The molecule has 0 aliphatic heterocycles. The van der Waals surface area contributed by atoms with Crippen molar-refractivity contribution < 1.29 is 9.90 Å². The number of fused-ring (bicyclic) bond motifs is 2. The second-order valence-electron chi connectivity index (χ2n) is 7.16. The maximum absolute atomic E-state index is 12.6. The van der Waals surface area contributed by atoms with Crippen LogP contribution in [0.25, 0.3) is 11.0 Å². The average molecular weight is 367 g/mol. The van der Waals surface area contributed by atoms with E-state index < -0.39 is 0 Å². The normalized spacial score (nSPS) is 16.5. The van der Waals surface area contributed by atoms with Crippen LogP contribution in [0.15, 0.2) is 24.3 Å². The third-order valence-electron chi connectivity index (χ3n) is 5.42. The fourth-order valence-electron chi connectivity index (χ4n) is 4.21. The lowest BCUT2D eigenvalue weighted by atomic mass is 9.91. The Labute approximate surface area is 158 Å². The fraction of sp³-hybridized carbons (Fsp3) is 0.450. The molecule has 0 spiro atoms. The summed E-state index contributed by atoms with van der Waals surface area (Å²) in [7, 11) is 1.97. The largest absolute Gasteiger partial charge is 0.388 e. The van der Waals surface area contributed by atoms with Crippen molar-refractivity contribution in [1.82, 2.24) is 24.6 Å². The van der Waals surface area contributed by atoms with Crippen LogP contribution in [-0.4, -0.2) is 30.3 Å². The first kappa shape index (κ1) is 17.7. The number of para-hydroxylation sites is 2. The van der Waals surface area contributed by atoms with Crippen molar-refractivity contribution in [2.45, 2.75) is 51.8 Å². The first-order valence-corrected chi connectivity index (χ1v) is 9.45. The molecule has 2 aromatic heterocycles. The molecule has 0 radical (unpaired) electrons. The number of nitrogens with one attached hydrogen (secondary N) is 1. The third kappa shape index (κ3) is 3.23. The molecular weight excluding hydrogens is 342 g/mol. The van der Waals surface area contributed by atoms with Gasteiger partial charge in [-0.05, 0) is 38.3 Å². The summed E-state index contributed by atoms with van der Waals surface area (Å²) in [6.45, 7) is 2.36. The van der Waals surface area contributed by atoms with Gasteiger partial charge in [-0.3, -0.25) is 9.48 Å². The van der Waals surface area contributed by atoms with E-state index in [-0.39, 0.29) is 18.6 Å². The zero-order valence-electron chi connectivity index (χ0n) is 15.8. The van der Waals surface area contributed by atoms with Crippen molar-refractivity contribution in [3.63, 3.8) is 0 Å². The number of carbonyl (C=O) groups excluding carboxylic acids is 1. The summed E-state index contributed by atoms with van der Waals surface area (Å²) in [6.07, 6.45) is 3.36. The average Bonchev–Trinajstić information content (AvgIpc) is 3.17. The van der Waals surface area contributed by atoms with Gasteiger partial charge in [0.15, 0.2) is 0 Å². The number of hydrogen-bond acceptors (Lipinski definition) is 4. The topological polar surface area (TPSA) is 85.0 Å². The molecule has 0 fully saturated rings. The molecule has 2 N–H and O–H groups in total. The molecule has 4 rings (SSSR count). The third-order valence-corrected chi connectivity index (χ3v) is 5.42. The number of aryl methyl sites for hydroxylation is 3. The Hall–Kier alpha value is -2.67. The number of aliphatic hydroxyl groups excluding tert-OH is 1. The first-order valence-electron chi connectivity index (χ1n) is 9.45. The zero-order valence-corrected chi connectivity index (χ0v) is 15.8. The Balaban J connectivity index is 1.48. The molecule has 7 nitrogen and oxygen atoms in total. The van der Waals surface area contributed by atoms with Gasteiger partial charge in [0, 0.05) is 31.3 Å². The van der Waals surface area contributed by atoms with Crippen molar-refractivity contribution >= 4 is 16.9 Å². The molecule has 2 heterocycles. The Morgan fingerprint density at radius 2 is 2.19 bits per heavy atom. The molecule has 1 atom stereocenters. The number of aliphatic hydroxyl groups is 1. The molecule has 1 unspecified atom stereocenters. The van der Waals surface area contributed by atoms with Crippen molar-refractivity contribution in [3.8, 4) is 0 Å². The van der Waals surface area contributed by atoms with E-state index in [1.165, 1.54) is 11.3 Å². The second-order valence-corrected chi connectivity index (χ2v) is 7.16. The molecule has 0 bridgehead atoms. The van der Waals surface area contributed by atoms with Crippen molar-refractivity contribution in [3.05, 3.63) is 47.0 Å². The van der Waals surface area contributed by atoms with Crippen LogP contribution in [0.3, 0.4) is 0 Å². The molecule has 1 aliphatic rings. The number of imidazole rings is 1. The second kappa shape index (κ2) is 7.15. The lowest BCUT2D eigenvalue weighted by Gasteiger charge is -2.24. The fourth-order valence-corrected chi connectivity index (χ4v) is 4.21. The van der Waals surface area contributed by atoms with Crippen molar-refractivity contribution in [2.24, 2.45) is 7.05 Å². The molecule has 27 heavy (non-hydrogen) atoms. The summed E-state index contributed by atoms with van der Waals surface area (Å²) in [5.41, 5.74) is 5.19. The predicted molar refractivity (Wildman–Crippen MR) is 102 cm³/mol. The zero-order chi connectivity index (χ0) is 19.0. The van der Waals surface area contributed by atoms with E-state index in [0.717, 1.165) is 36.0 Å². The molecule has 0 saturated heterocycles. The van der Waals surface area contributed by atoms with Gasteiger partial charge in [0.05, 0.1) is 22.8 Å². The number of benzene rings is 1. The molecule has 0 saturated carbocycles. The SMILES string of the molecule is Cc1nn(C)c2c1C(NC(=O)CCn1c(CO)nc3ccccc31)CCC2. The van der Waals surface area contributed by atoms with E-state index in [4.69, 9.17) is 0 Å². The maximum Gasteiger partial charge on any atom is 0.222 e. The minimum atomic E-state index is -0.142. The first-order chi connectivity index (χ1) is 13.1. The van der Waals surface area contributed by atoms with Gasteiger partial charge in [-0.15, -0.1) is 0 Å². The van der Waals surface area contributed by atoms with E-state index in [2.05, 4.69) is 15.4 Å². The van der Waals surface area contributed by atoms with E-state index >= 15 is 0 Å². The van der Waals surface area contributed by atoms with Crippen molar-refractivity contribution in [1.29, 1.82) is 0 Å². The van der Waals surface area contributed by atoms with E-state index in [9.17, 15) is 9.90 Å². The van der Waals surface area contributed by atoms with Gasteiger partial charge in [0.25, 0.3) is 0 Å². The quantitative estimate of drug-likeness (QED) is 0.724. The Bertz CT molecular complexity index is 988. The number of aromatic nitrogens is 4. The molecule has 1 amide bonds. The van der Waals surface area contributed by atoms with Crippen LogP contribution >= 0.6 is 0 Å². The van der Waals surface area contributed by atoms with Gasteiger partial charge < -0.3 is 15.0 Å². The molecule has 142 valence electrons. The molecular formula is C20H25N5O2. The van der Waals surface area contributed by atoms with Gasteiger partial charge >= 0.3 is 0 Å². The highest BCUT2D eigenvalue weighted by molar-refractivity contribution is 5.78. The van der Waals surface area contributed by atoms with Crippen LogP contribution in [0, 0.1) is 6.92 Å². The smallest absolute Gasteiger partial charge is 0.222 e. The summed E-state index contributed by atoms with van der Waals surface area (Å²) >= 11 is 0. The minimum Gasteiger partial charge on any atom is -0.388 e. The summed E-state index contributed by atoms with van der Waals surface area (Å²) in [4.78, 5) is 17.1. The van der Waals surface area contributed by atoms with Crippen molar-refractivity contribution in [2.75, 3.05) is 0 Å². The number of rotatable bonds is 5. The van der Waals surface area contributed by atoms with Gasteiger partial charge in [-0.1, -0.05) is 12.1 Å². The van der Waals surface area contributed by atoms with E-state index in [0.29, 0.717) is 18.8 Å². The van der Waals surface area contributed by atoms with Crippen LogP contribution in [-0.2, 0) is 31.4 Å². The number of hydrogen-bond donors (Lipinski definition) is 2. The number of nitrogens with zero attached hydrogens (tertiary/aromatic N) is 4. The van der Waals surface area contributed by atoms with Crippen LogP contribution in [0.4, 0.5) is 0 Å².